The van der Waals surface area contributed by atoms with E-state index in [1.165, 1.54) is 76.4 Å². The summed E-state index contributed by atoms with van der Waals surface area (Å²) in [5.74, 6) is -8.97. The van der Waals surface area contributed by atoms with E-state index in [2.05, 4.69) is 12.2 Å². The number of aromatic hydroxyl groups is 1. The van der Waals surface area contributed by atoms with Gasteiger partial charge in [0.2, 0.25) is 18.5 Å². The number of hydrogen-bond donors (Lipinski definition) is 6. The molecule has 18 heteroatoms. The van der Waals surface area contributed by atoms with Crippen molar-refractivity contribution < 1.29 is 63.4 Å². The minimum Gasteiger partial charge on any atom is -0.508 e. The van der Waals surface area contributed by atoms with Gasteiger partial charge < -0.3 is 50.6 Å². The molecule has 3 amide bonds. The molecule has 5 rings (SSSR count). The highest BCUT2D eigenvalue weighted by Gasteiger charge is 2.64. The van der Waals surface area contributed by atoms with E-state index in [0.717, 1.165) is 17.7 Å². The third kappa shape index (κ3) is 11.4. The Morgan fingerprint density at radius 3 is 2.04 bits per heavy atom. The number of amides is 3. The summed E-state index contributed by atoms with van der Waals surface area (Å²) in [4.78, 5) is 84.2. The van der Waals surface area contributed by atoms with E-state index >= 15 is 0 Å². The number of carbonyl (C=O) groups excluding carboxylic acids is 6. The lowest BCUT2D eigenvalue weighted by Gasteiger charge is -2.50. The quantitative estimate of drug-likeness (QED) is 0.0263. The molecule has 0 spiro atoms. The van der Waals surface area contributed by atoms with Crippen LogP contribution < -0.4 is 20.7 Å². The van der Waals surface area contributed by atoms with Crippen LogP contribution in [-0.2, 0) is 35.1 Å². The van der Waals surface area contributed by atoms with E-state index in [-0.39, 0.29) is 35.2 Å². The highest BCUT2D eigenvalue weighted by molar-refractivity contribution is 6.24. The third-order valence-corrected chi connectivity index (χ3v) is 13.0. The van der Waals surface area contributed by atoms with E-state index in [0.29, 0.717) is 23.6 Å². The molecule has 0 unspecified atom stereocenters. The van der Waals surface area contributed by atoms with Crippen LogP contribution >= 0.6 is 0 Å². The Hall–Kier alpha value is -6.14. The number of esters is 1. The van der Waals surface area contributed by atoms with Crippen LogP contribution in [0.15, 0.2) is 47.2 Å². The number of ketones is 2. The van der Waals surface area contributed by atoms with E-state index in [1.54, 1.807) is 64.0 Å². The number of benzene rings is 2. The number of anilines is 2. The number of nitrogens with zero attached hydrogens (tertiary/aromatic N) is 3. The van der Waals surface area contributed by atoms with Gasteiger partial charge >= 0.3 is 12.1 Å². The number of hydrogen-bond acceptors (Lipinski definition) is 15. The molecule has 0 heterocycles. The van der Waals surface area contributed by atoms with Gasteiger partial charge in [0.15, 0.2) is 11.4 Å². The molecule has 1 fully saturated rings. The number of carbonyl (C=O) groups is 6. The normalized spacial score (nSPS) is 20.1. The van der Waals surface area contributed by atoms with Gasteiger partial charge in [-0.3, -0.25) is 29.0 Å². The number of ether oxygens (including phenoxy) is 3. The highest BCUT2D eigenvalue weighted by Crippen LogP contribution is 2.54. The van der Waals surface area contributed by atoms with Gasteiger partial charge in [-0.05, 0) is 95.9 Å². The largest absolute Gasteiger partial charge is 0.508 e. The maximum absolute atomic E-state index is 14.4. The summed E-state index contributed by atoms with van der Waals surface area (Å²) in [7, 11) is 6.40. The number of unbranched alkanes of at least 4 members (excludes halogenated alkanes) is 9. The van der Waals surface area contributed by atoms with Crippen molar-refractivity contribution in [3.8, 4) is 11.5 Å². The van der Waals surface area contributed by atoms with Crippen molar-refractivity contribution in [2.45, 2.75) is 122 Å². The van der Waals surface area contributed by atoms with Gasteiger partial charge in [0.1, 0.15) is 35.1 Å². The maximum atomic E-state index is 14.4. The number of Topliss-reactive ketones (excluding diaryl/α,β-unsaturated/α-hetero) is 2. The second-order valence-electron chi connectivity index (χ2n) is 19.3. The number of likely N-dealkylation sites (N-methyl/N-ethyl adjacent to an activating group) is 1. The van der Waals surface area contributed by atoms with Crippen LogP contribution in [0.5, 0.6) is 11.5 Å². The molecule has 68 heavy (non-hydrogen) atoms. The van der Waals surface area contributed by atoms with Crippen LogP contribution in [0, 0.1) is 11.8 Å². The molecule has 0 saturated heterocycles. The van der Waals surface area contributed by atoms with Gasteiger partial charge in [-0.15, -0.1) is 0 Å². The maximum Gasteiger partial charge on any atom is 0.413 e. The fourth-order valence-corrected chi connectivity index (χ4v) is 9.46. The molecule has 4 atom stereocenters. The van der Waals surface area contributed by atoms with E-state index in [4.69, 9.17) is 19.9 Å². The lowest BCUT2D eigenvalue weighted by atomic mass is 9.57. The van der Waals surface area contributed by atoms with Crippen LogP contribution in [0.2, 0.25) is 0 Å². The summed E-state index contributed by atoms with van der Waals surface area (Å²) in [5.41, 5.74) is 0.904. The molecular formula is C50H69N5O13. The molecular weight excluding hydrogens is 879 g/mol. The lowest BCUT2D eigenvalue weighted by molar-refractivity contribution is -0.153. The number of primary amides is 1. The van der Waals surface area contributed by atoms with Crippen molar-refractivity contribution in [2.75, 3.05) is 58.4 Å². The first-order valence-electron chi connectivity index (χ1n) is 23.4. The van der Waals surface area contributed by atoms with Crippen LogP contribution in [0.1, 0.15) is 120 Å². The van der Waals surface area contributed by atoms with Gasteiger partial charge in [-0.25, -0.2) is 9.59 Å². The first-order valence-corrected chi connectivity index (χ1v) is 23.4. The van der Waals surface area contributed by atoms with E-state index in [9.17, 15) is 49.2 Å². The zero-order valence-electron chi connectivity index (χ0n) is 40.6. The van der Waals surface area contributed by atoms with Crippen molar-refractivity contribution in [2.24, 2.45) is 17.6 Å². The van der Waals surface area contributed by atoms with Crippen molar-refractivity contribution in [3.63, 3.8) is 0 Å². The molecule has 2 aromatic carbocycles. The molecule has 2 aromatic rings. The number of nitrogens with one attached hydrogen (secondary N) is 1. The summed E-state index contributed by atoms with van der Waals surface area (Å²) in [6.45, 7) is 6.38. The molecule has 0 bridgehead atoms. The lowest BCUT2D eigenvalue weighted by Crippen LogP contribution is -2.65. The predicted molar refractivity (Wildman–Crippen MR) is 254 cm³/mol. The number of nitrogens with two attached hydrogens (primary N) is 1. The molecule has 7 N–H and O–H groups in total. The predicted octanol–water partition coefficient (Wildman–Crippen LogP) is 6.32. The number of aliphatic hydroxyl groups is 3. The van der Waals surface area contributed by atoms with Gasteiger partial charge in [-0.2, -0.15) is 0 Å². The number of phenols is 1. The topological polar surface area (TPSA) is 259 Å². The summed E-state index contributed by atoms with van der Waals surface area (Å²) in [6.07, 6.45) is 11.1. The van der Waals surface area contributed by atoms with Crippen molar-refractivity contribution in [3.05, 3.63) is 63.9 Å². The summed E-state index contributed by atoms with van der Waals surface area (Å²) >= 11 is 0. The molecule has 372 valence electrons. The number of aliphatic hydroxyl groups excluding tert-OH is 2. The summed E-state index contributed by atoms with van der Waals surface area (Å²) < 4.78 is 16.3. The molecule has 0 aromatic heterocycles. The molecule has 0 radical (unpaired) electrons. The minimum absolute atomic E-state index is 0.0251. The Kier molecular flexibility index (Phi) is 17.3. The van der Waals surface area contributed by atoms with Crippen LogP contribution in [0.25, 0.3) is 5.76 Å². The fourth-order valence-electron chi connectivity index (χ4n) is 9.46. The zero-order valence-corrected chi connectivity index (χ0v) is 40.6. The van der Waals surface area contributed by atoms with Gasteiger partial charge in [0, 0.05) is 36.8 Å². The first kappa shape index (κ1) is 52.8. The molecule has 0 aliphatic heterocycles. The molecule has 1 saturated carbocycles. The smallest absolute Gasteiger partial charge is 0.413 e. The van der Waals surface area contributed by atoms with Gasteiger partial charge in [-0.1, -0.05) is 64.7 Å². The second-order valence-corrected chi connectivity index (χ2v) is 19.3. The zero-order chi connectivity index (χ0) is 50.2. The van der Waals surface area contributed by atoms with E-state index < -0.39 is 101 Å². The van der Waals surface area contributed by atoms with Crippen LogP contribution in [0.3, 0.4) is 0 Å². The Labute approximate surface area is 398 Å². The Bertz CT molecular complexity index is 2300. The average molecular weight is 948 g/mol. The third-order valence-electron chi connectivity index (χ3n) is 13.0. The first-order chi connectivity index (χ1) is 32.1. The summed E-state index contributed by atoms with van der Waals surface area (Å²) in [5, 5.41) is 49.3. The van der Waals surface area contributed by atoms with Crippen LogP contribution in [-0.4, -0.2) is 131 Å². The standard InChI is InChI=1S/C50H69N5O13/c1-9-10-11-12-13-14-15-16-17-18-23-66-31-21-19-29(20-22-31)47(63)67-28-68-48(64)55(49(2,3)4)27-36(56)52-34-26-35(53(5)6)32-24-30-25-33-40(54(7)8)43(59)39(46(51)62)45(61)50(33,65)44(60)37(30)42(58)38(32)41(34)57/h19-22,26,30,33,40,57-58,61,65H,9-18,23-25,27-28H2,1-8H3,(H2,51,62)(H,52,56)/t30-,33-,40-,50-/m0/s1. The highest BCUT2D eigenvalue weighted by atomic mass is 16.7. The van der Waals surface area contributed by atoms with Crippen molar-refractivity contribution in [1.82, 2.24) is 9.80 Å². The van der Waals surface area contributed by atoms with E-state index in [1.807, 2.05) is 0 Å². The SMILES string of the molecule is CCCCCCCCCCCCOc1ccc(C(=O)OCOC(=O)N(CC(=O)Nc2cc(N(C)C)c3c(c2O)C(O)=C2C(=O)[C@]4(O)C(O)=C(C(N)=O)C(=O)[C@@H](N(C)C)[C@@H]4C[C@@H]2C3)C(C)(C)C)cc1. The molecule has 3 aliphatic rings. The van der Waals surface area contributed by atoms with Crippen molar-refractivity contribution in [1.29, 1.82) is 0 Å². The number of fused-ring (bicyclic) bond motifs is 3. The number of rotatable bonds is 21. The van der Waals surface area contributed by atoms with Crippen LogP contribution in [0.4, 0.5) is 16.2 Å². The second kappa shape index (κ2) is 22.3. The van der Waals surface area contributed by atoms with Gasteiger partial charge in [0.25, 0.3) is 5.91 Å². The average Bonchev–Trinajstić information content (AvgIpc) is 3.26. The summed E-state index contributed by atoms with van der Waals surface area (Å²) in [6, 6.07) is 6.64. The Morgan fingerprint density at radius 1 is 0.882 bits per heavy atom. The Balaban J connectivity index is 1.23. The Morgan fingerprint density at radius 2 is 1.49 bits per heavy atom. The minimum atomic E-state index is -2.83. The van der Waals surface area contributed by atoms with Crippen molar-refractivity contribution >= 4 is 52.6 Å². The molecule has 3 aliphatic carbocycles. The fraction of sp³-hybridized carbons (Fsp3) is 0.560. The molecule has 18 nitrogen and oxygen atoms in total. The monoisotopic (exact) mass is 947 g/mol. The van der Waals surface area contributed by atoms with Gasteiger partial charge in [0.05, 0.1) is 29.5 Å². The number of phenolic OH excluding ortho intramolecular Hbond substituents is 1.